The van der Waals surface area contributed by atoms with Gasteiger partial charge >= 0.3 is 0 Å². The predicted octanol–water partition coefficient (Wildman–Crippen LogP) is 0.186. The zero-order valence-electron chi connectivity index (χ0n) is 8.95. The molecule has 0 atom stereocenters. The zero-order chi connectivity index (χ0) is 9.50. The highest BCUT2D eigenvalue weighted by Gasteiger charge is 2.43. The number of aliphatic hydroxyl groups is 1. The Kier molecular flexibility index (Phi) is 2.57. The van der Waals surface area contributed by atoms with Gasteiger partial charge in [-0.2, -0.15) is 0 Å². The standard InChI is InChI=1S/C8H20B2O/c1-6(2,3)8(9,10)7(4,5)11/h11H,9-10H2,1-5H3. The SMILES string of the molecule is BC(B)(C(C)(C)C)C(C)(C)O. The molecule has 0 amide bonds. The van der Waals surface area contributed by atoms with Gasteiger partial charge in [-0.3, -0.25) is 0 Å². The highest BCUT2D eigenvalue weighted by Crippen LogP contribution is 2.47. The molecule has 0 spiro atoms. The predicted molar refractivity (Wildman–Crippen MR) is 55.5 cm³/mol. The van der Waals surface area contributed by atoms with Crippen molar-refractivity contribution in [3.05, 3.63) is 0 Å². The first-order valence-electron chi connectivity index (χ1n) is 4.22. The number of rotatable bonds is 1. The van der Waals surface area contributed by atoms with Crippen LogP contribution >= 0.6 is 0 Å². The Labute approximate surface area is 72.4 Å². The Morgan fingerprint density at radius 1 is 0.909 bits per heavy atom. The van der Waals surface area contributed by atoms with E-state index < -0.39 is 5.60 Å². The van der Waals surface area contributed by atoms with Gasteiger partial charge in [0.1, 0.15) is 15.7 Å². The highest BCUT2D eigenvalue weighted by atomic mass is 16.3. The lowest BCUT2D eigenvalue weighted by Gasteiger charge is -2.48. The molecule has 0 radical (unpaired) electrons. The Hall–Kier alpha value is 0.0899. The van der Waals surface area contributed by atoms with Crippen LogP contribution in [0.3, 0.4) is 0 Å². The molecular formula is C8H20B2O. The third kappa shape index (κ3) is 2.02. The van der Waals surface area contributed by atoms with Crippen LogP contribution in [0.15, 0.2) is 0 Å². The largest absolute Gasteiger partial charge is 0.391 e. The second-order valence-corrected chi connectivity index (χ2v) is 5.43. The molecule has 0 aromatic heterocycles. The van der Waals surface area contributed by atoms with Gasteiger partial charge in [-0.05, 0) is 19.3 Å². The molecule has 0 rings (SSSR count). The van der Waals surface area contributed by atoms with Crippen LogP contribution in [0.5, 0.6) is 0 Å². The van der Waals surface area contributed by atoms with Crippen molar-refractivity contribution in [3.63, 3.8) is 0 Å². The molecule has 0 unspecified atom stereocenters. The van der Waals surface area contributed by atoms with Crippen molar-refractivity contribution in [1.29, 1.82) is 0 Å². The first kappa shape index (κ1) is 11.1. The van der Waals surface area contributed by atoms with Gasteiger partial charge in [0.05, 0.1) is 5.60 Å². The Balaban J connectivity index is 4.75. The summed E-state index contributed by atoms with van der Waals surface area (Å²) in [5, 5.41) is 9.81. The van der Waals surface area contributed by atoms with Gasteiger partial charge in [-0.15, -0.1) is 0 Å². The molecule has 0 heterocycles. The second-order valence-electron chi connectivity index (χ2n) is 5.43. The van der Waals surface area contributed by atoms with E-state index in [1.165, 1.54) is 0 Å². The fourth-order valence-corrected chi connectivity index (χ4v) is 0.918. The lowest BCUT2D eigenvalue weighted by Crippen LogP contribution is -2.47. The van der Waals surface area contributed by atoms with Crippen molar-refractivity contribution in [1.82, 2.24) is 0 Å². The molecule has 0 aromatic carbocycles. The summed E-state index contributed by atoms with van der Waals surface area (Å²) in [5.41, 5.74) is -0.490. The molecule has 0 aliphatic heterocycles. The third-order valence-corrected chi connectivity index (χ3v) is 3.40. The number of hydrogen-bond donors (Lipinski definition) is 1. The topological polar surface area (TPSA) is 20.2 Å². The maximum Gasteiger partial charge on any atom is 0.103 e. The summed E-state index contributed by atoms with van der Waals surface area (Å²) in [6.07, 6.45) is 0. The molecule has 0 aliphatic rings. The van der Waals surface area contributed by atoms with Crippen LogP contribution in [0.4, 0.5) is 0 Å². The van der Waals surface area contributed by atoms with E-state index in [4.69, 9.17) is 0 Å². The molecule has 0 saturated carbocycles. The molecule has 0 bridgehead atoms. The summed E-state index contributed by atoms with van der Waals surface area (Å²) < 4.78 is 0. The summed E-state index contributed by atoms with van der Waals surface area (Å²) in [5.74, 6) is 0. The minimum atomic E-state index is -0.620. The fraction of sp³-hybridized carbons (Fsp3) is 1.00. The van der Waals surface area contributed by atoms with Crippen molar-refractivity contribution in [2.45, 2.75) is 45.4 Å². The average Bonchev–Trinajstić information content (AvgIpc) is 1.58. The molecule has 1 N–H and O–H groups in total. The summed E-state index contributed by atoms with van der Waals surface area (Å²) in [6.45, 7) is 10.2. The minimum absolute atomic E-state index is 0.0694. The van der Waals surface area contributed by atoms with E-state index in [1.54, 1.807) is 0 Å². The van der Waals surface area contributed by atoms with E-state index in [2.05, 4.69) is 36.5 Å². The summed E-state index contributed by atoms with van der Waals surface area (Å²) in [7, 11) is 4.21. The van der Waals surface area contributed by atoms with Crippen molar-refractivity contribution in [2.75, 3.05) is 0 Å². The smallest absolute Gasteiger partial charge is 0.103 e. The van der Waals surface area contributed by atoms with Gasteiger partial charge in [0.15, 0.2) is 0 Å². The second kappa shape index (κ2) is 2.55. The summed E-state index contributed by atoms with van der Waals surface area (Å²) in [4.78, 5) is 0. The van der Waals surface area contributed by atoms with Gasteiger partial charge in [0.2, 0.25) is 0 Å². The van der Waals surface area contributed by atoms with Crippen LogP contribution in [-0.2, 0) is 0 Å². The van der Waals surface area contributed by atoms with Crippen molar-refractivity contribution < 1.29 is 5.11 Å². The quantitative estimate of drug-likeness (QED) is 0.534. The lowest BCUT2D eigenvalue weighted by molar-refractivity contribution is 0.0195. The zero-order valence-corrected chi connectivity index (χ0v) is 8.95. The molecule has 0 aliphatic carbocycles. The Morgan fingerprint density at radius 3 is 1.18 bits per heavy atom. The molecular weight excluding hydrogens is 134 g/mol. The van der Waals surface area contributed by atoms with Crippen LogP contribution in [0.1, 0.15) is 34.6 Å². The third-order valence-electron chi connectivity index (χ3n) is 3.40. The van der Waals surface area contributed by atoms with Gasteiger partial charge in [-0.25, -0.2) is 0 Å². The van der Waals surface area contributed by atoms with Gasteiger partial charge in [-0.1, -0.05) is 26.0 Å². The van der Waals surface area contributed by atoms with E-state index in [1.807, 2.05) is 13.8 Å². The van der Waals surface area contributed by atoms with E-state index in [9.17, 15) is 5.11 Å². The van der Waals surface area contributed by atoms with Crippen molar-refractivity contribution >= 4 is 15.7 Å². The fourth-order valence-electron chi connectivity index (χ4n) is 0.918. The normalized spacial score (nSPS) is 15.1. The molecule has 3 heteroatoms. The van der Waals surface area contributed by atoms with E-state index in [-0.39, 0.29) is 10.6 Å². The van der Waals surface area contributed by atoms with Gasteiger partial charge in [0, 0.05) is 0 Å². The van der Waals surface area contributed by atoms with E-state index in [0.29, 0.717) is 0 Å². The van der Waals surface area contributed by atoms with E-state index in [0.717, 1.165) is 0 Å². The average molecular weight is 154 g/mol. The van der Waals surface area contributed by atoms with Crippen LogP contribution < -0.4 is 0 Å². The van der Waals surface area contributed by atoms with Gasteiger partial charge < -0.3 is 5.11 Å². The lowest BCUT2D eigenvalue weighted by atomic mass is 9.38. The monoisotopic (exact) mass is 154 g/mol. The van der Waals surface area contributed by atoms with Crippen molar-refractivity contribution in [2.24, 2.45) is 5.41 Å². The molecule has 64 valence electrons. The minimum Gasteiger partial charge on any atom is -0.391 e. The molecule has 0 aromatic rings. The first-order chi connectivity index (χ1) is 4.50. The molecule has 11 heavy (non-hydrogen) atoms. The van der Waals surface area contributed by atoms with Crippen LogP contribution in [-0.4, -0.2) is 26.4 Å². The van der Waals surface area contributed by atoms with Crippen LogP contribution in [0, 0.1) is 5.41 Å². The number of hydrogen-bond acceptors (Lipinski definition) is 1. The van der Waals surface area contributed by atoms with Crippen LogP contribution in [0.2, 0.25) is 5.21 Å². The van der Waals surface area contributed by atoms with Crippen LogP contribution in [0.25, 0.3) is 0 Å². The Bertz CT molecular complexity index is 123. The van der Waals surface area contributed by atoms with E-state index >= 15 is 0 Å². The summed E-state index contributed by atoms with van der Waals surface area (Å²) >= 11 is 0. The first-order valence-corrected chi connectivity index (χ1v) is 4.22. The molecule has 0 fully saturated rings. The summed E-state index contributed by atoms with van der Waals surface area (Å²) in [6, 6.07) is 0. The maximum absolute atomic E-state index is 9.88. The maximum atomic E-state index is 9.88. The molecule has 1 nitrogen and oxygen atoms in total. The highest BCUT2D eigenvalue weighted by molar-refractivity contribution is 6.41. The Morgan fingerprint density at radius 2 is 1.18 bits per heavy atom. The van der Waals surface area contributed by atoms with Crippen molar-refractivity contribution in [3.8, 4) is 0 Å². The molecule has 0 saturated heterocycles. The van der Waals surface area contributed by atoms with Gasteiger partial charge in [0.25, 0.3) is 0 Å².